The SMILES string of the molecule is CS(=O)(=O)Nc1ccccc1NCc1cccc(Cl)c1F. The van der Waals surface area contributed by atoms with Crippen molar-refractivity contribution in [3.8, 4) is 0 Å². The van der Waals surface area contributed by atoms with Gasteiger partial charge in [-0.05, 0) is 18.2 Å². The Balaban J connectivity index is 2.19. The van der Waals surface area contributed by atoms with E-state index in [1.54, 1.807) is 36.4 Å². The van der Waals surface area contributed by atoms with Crippen LogP contribution in [0.5, 0.6) is 0 Å². The van der Waals surface area contributed by atoms with Gasteiger partial charge < -0.3 is 5.32 Å². The van der Waals surface area contributed by atoms with Crippen LogP contribution in [-0.4, -0.2) is 14.7 Å². The van der Waals surface area contributed by atoms with Gasteiger partial charge in [0.1, 0.15) is 5.82 Å². The van der Waals surface area contributed by atoms with Gasteiger partial charge in [0, 0.05) is 12.1 Å². The summed E-state index contributed by atoms with van der Waals surface area (Å²) in [7, 11) is -3.38. The van der Waals surface area contributed by atoms with Crippen LogP contribution >= 0.6 is 11.6 Å². The summed E-state index contributed by atoms with van der Waals surface area (Å²) in [5.74, 6) is -0.486. The number of nitrogens with one attached hydrogen (secondary N) is 2. The highest BCUT2D eigenvalue weighted by Crippen LogP contribution is 2.24. The van der Waals surface area contributed by atoms with Gasteiger partial charge in [-0.2, -0.15) is 0 Å². The molecule has 2 N–H and O–H groups in total. The lowest BCUT2D eigenvalue weighted by molar-refractivity contribution is 0.606. The predicted molar refractivity (Wildman–Crippen MR) is 83.6 cm³/mol. The Kier molecular flexibility index (Phi) is 4.69. The van der Waals surface area contributed by atoms with Crippen LogP contribution in [-0.2, 0) is 16.6 Å². The third-order valence-electron chi connectivity index (χ3n) is 2.72. The van der Waals surface area contributed by atoms with Gasteiger partial charge in [-0.3, -0.25) is 4.72 Å². The molecule has 0 aliphatic heterocycles. The number of sulfonamides is 1. The van der Waals surface area contributed by atoms with Gasteiger partial charge >= 0.3 is 0 Å². The molecule has 0 aliphatic rings. The Morgan fingerprint density at radius 2 is 1.76 bits per heavy atom. The minimum atomic E-state index is -3.38. The highest BCUT2D eigenvalue weighted by atomic mass is 35.5. The lowest BCUT2D eigenvalue weighted by Crippen LogP contribution is -2.12. The summed E-state index contributed by atoms with van der Waals surface area (Å²) in [4.78, 5) is 0. The summed E-state index contributed by atoms with van der Waals surface area (Å²) in [6, 6.07) is 11.5. The van der Waals surface area contributed by atoms with E-state index in [1.165, 1.54) is 6.07 Å². The van der Waals surface area contributed by atoms with E-state index in [-0.39, 0.29) is 11.6 Å². The smallest absolute Gasteiger partial charge is 0.229 e. The van der Waals surface area contributed by atoms with Crippen molar-refractivity contribution in [1.82, 2.24) is 0 Å². The van der Waals surface area contributed by atoms with Crippen molar-refractivity contribution >= 4 is 33.0 Å². The van der Waals surface area contributed by atoms with E-state index < -0.39 is 15.8 Å². The van der Waals surface area contributed by atoms with E-state index in [0.717, 1.165) is 6.26 Å². The first-order valence-corrected chi connectivity index (χ1v) is 8.37. The molecule has 0 heterocycles. The molecule has 0 saturated heterocycles. The van der Waals surface area contributed by atoms with Crippen molar-refractivity contribution in [2.45, 2.75) is 6.54 Å². The first-order valence-electron chi connectivity index (χ1n) is 6.10. The number of benzene rings is 2. The van der Waals surface area contributed by atoms with Crippen LogP contribution in [0.25, 0.3) is 0 Å². The number of rotatable bonds is 5. The fourth-order valence-electron chi connectivity index (χ4n) is 1.80. The maximum absolute atomic E-state index is 13.8. The Morgan fingerprint density at radius 3 is 2.43 bits per heavy atom. The molecule has 0 fully saturated rings. The minimum absolute atomic E-state index is 0.0526. The zero-order chi connectivity index (χ0) is 15.5. The quantitative estimate of drug-likeness (QED) is 0.883. The Labute approximate surface area is 128 Å². The van der Waals surface area contributed by atoms with Crippen molar-refractivity contribution in [1.29, 1.82) is 0 Å². The predicted octanol–water partition coefficient (Wildman–Crippen LogP) is 3.46. The molecule has 2 aromatic carbocycles. The molecule has 2 rings (SSSR count). The van der Waals surface area contributed by atoms with E-state index in [1.807, 2.05) is 0 Å². The largest absolute Gasteiger partial charge is 0.379 e. The summed E-state index contributed by atoms with van der Waals surface area (Å²) in [6.07, 6.45) is 1.07. The molecule has 2 aromatic rings. The Bertz CT molecular complexity index is 750. The maximum atomic E-state index is 13.8. The summed E-state index contributed by atoms with van der Waals surface area (Å²) in [5.41, 5.74) is 1.36. The Hall–Kier alpha value is -1.79. The summed E-state index contributed by atoms with van der Waals surface area (Å²) in [6.45, 7) is 0.189. The van der Waals surface area contributed by atoms with E-state index >= 15 is 0 Å². The molecule has 112 valence electrons. The third-order valence-corrected chi connectivity index (χ3v) is 3.61. The zero-order valence-corrected chi connectivity index (χ0v) is 12.8. The number of anilines is 2. The zero-order valence-electron chi connectivity index (χ0n) is 11.2. The van der Waals surface area contributed by atoms with Crippen LogP contribution in [0.2, 0.25) is 5.02 Å². The number of halogens is 2. The lowest BCUT2D eigenvalue weighted by atomic mass is 10.2. The van der Waals surface area contributed by atoms with E-state index in [2.05, 4.69) is 10.0 Å². The molecule has 0 spiro atoms. The second kappa shape index (κ2) is 6.32. The molecule has 0 unspecified atom stereocenters. The molecule has 0 bridgehead atoms. The molecule has 0 amide bonds. The molecule has 0 aromatic heterocycles. The molecule has 21 heavy (non-hydrogen) atoms. The van der Waals surface area contributed by atoms with Gasteiger partial charge in [0.2, 0.25) is 10.0 Å². The molecular formula is C14H14ClFN2O2S. The standard InChI is InChI=1S/C14H14ClFN2O2S/c1-21(19,20)18-13-8-3-2-7-12(13)17-9-10-5-4-6-11(15)14(10)16/h2-8,17-18H,9H2,1H3. The molecule has 0 saturated carbocycles. The van der Waals surface area contributed by atoms with Crippen LogP contribution in [0, 0.1) is 5.82 Å². The molecule has 0 aliphatic carbocycles. The Morgan fingerprint density at radius 1 is 1.10 bits per heavy atom. The number of hydrogen-bond acceptors (Lipinski definition) is 3. The topological polar surface area (TPSA) is 58.2 Å². The number of hydrogen-bond donors (Lipinski definition) is 2. The van der Waals surface area contributed by atoms with Gasteiger partial charge in [0.05, 0.1) is 22.7 Å². The third kappa shape index (κ3) is 4.34. The molecule has 0 atom stereocenters. The van der Waals surface area contributed by atoms with Crippen LogP contribution in [0.4, 0.5) is 15.8 Å². The van der Waals surface area contributed by atoms with Gasteiger partial charge in [-0.25, -0.2) is 12.8 Å². The highest BCUT2D eigenvalue weighted by molar-refractivity contribution is 7.92. The van der Waals surface area contributed by atoms with Crippen LogP contribution in [0.15, 0.2) is 42.5 Å². The second-order valence-corrected chi connectivity index (χ2v) is 6.64. The first kappa shape index (κ1) is 15.6. The van der Waals surface area contributed by atoms with Crippen molar-refractivity contribution in [3.63, 3.8) is 0 Å². The fourth-order valence-corrected chi connectivity index (χ4v) is 2.57. The van der Waals surface area contributed by atoms with Gasteiger partial charge in [-0.15, -0.1) is 0 Å². The monoisotopic (exact) mass is 328 g/mol. The van der Waals surface area contributed by atoms with Crippen LogP contribution in [0.1, 0.15) is 5.56 Å². The summed E-state index contributed by atoms with van der Waals surface area (Å²) < 4.78 is 38.8. The normalized spacial score (nSPS) is 11.2. The van der Waals surface area contributed by atoms with Gasteiger partial charge in [-0.1, -0.05) is 35.9 Å². The minimum Gasteiger partial charge on any atom is -0.379 e. The van der Waals surface area contributed by atoms with E-state index in [0.29, 0.717) is 16.9 Å². The molecule has 4 nitrogen and oxygen atoms in total. The fraction of sp³-hybridized carbons (Fsp3) is 0.143. The lowest BCUT2D eigenvalue weighted by Gasteiger charge is -2.13. The van der Waals surface area contributed by atoms with Gasteiger partial charge in [0.25, 0.3) is 0 Å². The van der Waals surface area contributed by atoms with Crippen molar-refractivity contribution in [3.05, 3.63) is 58.9 Å². The van der Waals surface area contributed by atoms with Crippen LogP contribution < -0.4 is 10.0 Å². The maximum Gasteiger partial charge on any atom is 0.229 e. The van der Waals surface area contributed by atoms with Crippen molar-refractivity contribution in [2.75, 3.05) is 16.3 Å². The summed E-state index contributed by atoms with van der Waals surface area (Å²) in [5, 5.41) is 3.05. The van der Waals surface area contributed by atoms with E-state index in [9.17, 15) is 12.8 Å². The molecule has 0 radical (unpaired) electrons. The van der Waals surface area contributed by atoms with Crippen LogP contribution in [0.3, 0.4) is 0 Å². The average molecular weight is 329 g/mol. The molecule has 7 heteroatoms. The van der Waals surface area contributed by atoms with Gasteiger partial charge in [0.15, 0.2) is 0 Å². The van der Waals surface area contributed by atoms with Crippen molar-refractivity contribution < 1.29 is 12.8 Å². The number of para-hydroxylation sites is 2. The summed E-state index contributed by atoms with van der Waals surface area (Å²) >= 11 is 5.72. The first-order chi connectivity index (χ1) is 9.87. The highest BCUT2D eigenvalue weighted by Gasteiger charge is 2.09. The average Bonchev–Trinajstić information content (AvgIpc) is 2.40. The second-order valence-electron chi connectivity index (χ2n) is 4.49. The molecular weight excluding hydrogens is 315 g/mol. The van der Waals surface area contributed by atoms with Crippen molar-refractivity contribution in [2.24, 2.45) is 0 Å². The van der Waals surface area contributed by atoms with E-state index in [4.69, 9.17) is 11.6 Å².